The number of hydrogen-bond donors (Lipinski definition) is 2. The maximum Gasteiger partial charge on any atom is 0.350 e. The van der Waals surface area contributed by atoms with E-state index in [1.54, 1.807) is 6.07 Å². The van der Waals surface area contributed by atoms with Crippen LogP contribution >= 0.6 is 0 Å². The van der Waals surface area contributed by atoms with Crippen LogP contribution in [0.25, 0.3) is 0 Å². The molecule has 0 atom stereocenters. The van der Waals surface area contributed by atoms with Crippen molar-refractivity contribution in [2.75, 3.05) is 5.73 Å². The molecule has 0 aliphatic carbocycles. The zero-order valence-electron chi connectivity index (χ0n) is 4.83. The summed E-state index contributed by atoms with van der Waals surface area (Å²) in [6.07, 6.45) is 0. The van der Waals surface area contributed by atoms with Crippen molar-refractivity contribution in [3.05, 3.63) is 16.3 Å². The fourth-order valence-corrected chi connectivity index (χ4v) is 0.454. The summed E-state index contributed by atoms with van der Waals surface area (Å²) in [5.74, 6) is -0.321. The number of anilines is 1. The van der Waals surface area contributed by atoms with Gasteiger partial charge in [0.25, 0.3) is 0 Å². The van der Waals surface area contributed by atoms with Gasteiger partial charge in [-0.1, -0.05) is 0 Å². The van der Waals surface area contributed by atoms with E-state index in [2.05, 4.69) is 15.0 Å². The third-order valence-electron chi connectivity index (χ3n) is 0.774. The van der Waals surface area contributed by atoms with Crippen LogP contribution in [0.5, 0.6) is 0 Å². The molecule has 10 heavy (non-hydrogen) atoms. The molecule has 0 spiro atoms. The molecule has 0 saturated carbocycles. The topological polar surface area (TPSA) is 108 Å². The van der Waals surface area contributed by atoms with Gasteiger partial charge in [0.15, 0.2) is 0 Å². The van der Waals surface area contributed by atoms with Crippen LogP contribution in [0.4, 0.5) is 5.95 Å². The summed E-state index contributed by atoms with van der Waals surface area (Å²) in [5, 5.41) is 8.22. The molecule has 0 radical (unpaired) electrons. The van der Waals surface area contributed by atoms with Crippen LogP contribution in [0, 0.1) is 11.3 Å². The predicted octanol–water partition coefficient (Wildman–Crippen LogP) is -1.38. The summed E-state index contributed by atoms with van der Waals surface area (Å²) in [6, 6.07) is 1.62. The number of nitrogens with one attached hydrogen (secondary N) is 1. The monoisotopic (exact) mass is 137 g/mol. The number of hydrogen-bond acceptors (Lipinski definition) is 5. The number of aromatic amines is 1. The summed E-state index contributed by atoms with van der Waals surface area (Å²) >= 11 is 0. The Morgan fingerprint density at radius 3 is 2.80 bits per heavy atom. The molecule has 0 unspecified atom stereocenters. The Morgan fingerprint density at radius 1 is 1.60 bits per heavy atom. The minimum Gasteiger partial charge on any atom is -0.368 e. The summed E-state index contributed by atoms with van der Waals surface area (Å²) in [6.45, 7) is 0. The number of H-pyrrole nitrogens is 1. The molecular formula is C4H3N5O. The lowest BCUT2D eigenvalue weighted by atomic mass is 10.7. The fourth-order valence-electron chi connectivity index (χ4n) is 0.454. The standard InChI is InChI=1S/C4H3N5O/c5-1-2-7-3(6)9-4(10)8-2/h(H3,6,7,8,9,10). The first-order valence-electron chi connectivity index (χ1n) is 2.36. The Labute approximate surface area is 55.3 Å². The number of rotatable bonds is 0. The largest absolute Gasteiger partial charge is 0.368 e. The molecule has 1 aromatic rings. The Hall–Kier alpha value is -1.90. The van der Waals surface area contributed by atoms with Gasteiger partial charge in [-0.25, -0.2) is 4.79 Å². The van der Waals surface area contributed by atoms with Crippen molar-refractivity contribution in [1.29, 1.82) is 5.26 Å². The van der Waals surface area contributed by atoms with E-state index in [-0.39, 0.29) is 11.8 Å². The Morgan fingerprint density at radius 2 is 2.30 bits per heavy atom. The second-order valence-electron chi connectivity index (χ2n) is 1.47. The molecule has 50 valence electrons. The van der Waals surface area contributed by atoms with E-state index in [0.29, 0.717) is 0 Å². The average molecular weight is 137 g/mol. The molecule has 0 aliphatic heterocycles. The number of nitrogen functional groups attached to an aromatic ring is 1. The van der Waals surface area contributed by atoms with Gasteiger partial charge in [0.05, 0.1) is 0 Å². The lowest BCUT2D eigenvalue weighted by Gasteiger charge is -1.87. The number of nitrogens with zero attached hydrogens (tertiary/aromatic N) is 3. The van der Waals surface area contributed by atoms with Gasteiger partial charge in [0.1, 0.15) is 6.07 Å². The Balaban J connectivity index is 3.36. The summed E-state index contributed by atoms with van der Waals surface area (Å²) in [4.78, 5) is 19.1. The molecular weight excluding hydrogens is 134 g/mol. The van der Waals surface area contributed by atoms with Gasteiger partial charge in [0.2, 0.25) is 11.8 Å². The van der Waals surface area contributed by atoms with Crippen LogP contribution in [-0.4, -0.2) is 15.0 Å². The summed E-state index contributed by atoms with van der Waals surface area (Å²) in [7, 11) is 0. The highest BCUT2D eigenvalue weighted by atomic mass is 16.1. The van der Waals surface area contributed by atoms with Crippen molar-refractivity contribution in [3.63, 3.8) is 0 Å². The van der Waals surface area contributed by atoms with E-state index in [1.807, 2.05) is 0 Å². The van der Waals surface area contributed by atoms with Crippen LogP contribution in [0.15, 0.2) is 4.79 Å². The van der Waals surface area contributed by atoms with Crippen molar-refractivity contribution >= 4 is 5.95 Å². The van der Waals surface area contributed by atoms with Crippen molar-refractivity contribution in [3.8, 4) is 6.07 Å². The summed E-state index contributed by atoms with van der Waals surface area (Å²) < 4.78 is 0. The molecule has 1 heterocycles. The molecule has 0 saturated heterocycles. The van der Waals surface area contributed by atoms with Gasteiger partial charge in [-0.15, -0.1) is 0 Å². The smallest absolute Gasteiger partial charge is 0.350 e. The average Bonchev–Trinajstić information content (AvgIpc) is 1.85. The lowest BCUT2D eigenvalue weighted by molar-refractivity contribution is 0.974. The van der Waals surface area contributed by atoms with E-state index >= 15 is 0 Å². The van der Waals surface area contributed by atoms with Gasteiger partial charge in [-0.2, -0.15) is 15.2 Å². The highest BCUT2D eigenvalue weighted by Gasteiger charge is 1.95. The van der Waals surface area contributed by atoms with Gasteiger partial charge < -0.3 is 5.73 Å². The SMILES string of the molecule is N#Cc1nc(N)nc(=O)[nH]1. The van der Waals surface area contributed by atoms with Gasteiger partial charge in [0, 0.05) is 0 Å². The second kappa shape index (κ2) is 2.14. The molecule has 0 aliphatic rings. The van der Waals surface area contributed by atoms with Crippen molar-refractivity contribution < 1.29 is 0 Å². The second-order valence-corrected chi connectivity index (χ2v) is 1.47. The minimum absolute atomic E-state index is 0.127. The maximum absolute atomic E-state index is 10.4. The van der Waals surface area contributed by atoms with Gasteiger partial charge in [-0.3, -0.25) is 4.98 Å². The van der Waals surface area contributed by atoms with E-state index in [0.717, 1.165) is 0 Å². The highest BCUT2D eigenvalue weighted by Crippen LogP contribution is 1.83. The third-order valence-corrected chi connectivity index (χ3v) is 0.774. The minimum atomic E-state index is -0.663. The molecule has 0 fully saturated rings. The lowest BCUT2D eigenvalue weighted by Crippen LogP contribution is -2.15. The van der Waals surface area contributed by atoms with E-state index in [4.69, 9.17) is 11.0 Å². The number of aromatic nitrogens is 3. The van der Waals surface area contributed by atoms with Crippen molar-refractivity contribution in [1.82, 2.24) is 15.0 Å². The Kier molecular flexibility index (Phi) is 1.33. The van der Waals surface area contributed by atoms with E-state index in [1.165, 1.54) is 0 Å². The van der Waals surface area contributed by atoms with Crippen LogP contribution in [0.2, 0.25) is 0 Å². The normalized spacial score (nSPS) is 8.70. The molecule has 1 rings (SSSR count). The molecule has 0 bridgehead atoms. The quantitative estimate of drug-likeness (QED) is 0.458. The third kappa shape index (κ3) is 1.08. The zero-order valence-corrected chi connectivity index (χ0v) is 4.83. The Bertz CT molecular complexity index is 334. The summed E-state index contributed by atoms with van der Waals surface area (Å²) in [5.41, 5.74) is 4.38. The molecule has 6 nitrogen and oxygen atoms in total. The van der Waals surface area contributed by atoms with Crippen LogP contribution in [0.1, 0.15) is 5.82 Å². The maximum atomic E-state index is 10.4. The van der Waals surface area contributed by atoms with Gasteiger partial charge >= 0.3 is 5.69 Å². The van der Waals surface area contributed by atoms with E-state index < -0.39 is 5.69 Å². The molecule has 0 aromatic carbocycles. The first-order valence-corrected chi connectivity index (χ1v) is 2.36. The number of nitriles is 1. The van der Waals surface area contributed by atoms with E-state index in [9.17, 15) is 4.79 Å². The molecule has 1 aromatic heterocycles. The van der Waals surface area contributed by atoms with Crippen LogP contribution in [-0.2, 0) is 0 Å². The molecule has 0 amide bonds. The number of nitrogens with two attached hydrogens (primary N) is 1. The van der Waals surface area contributed by atoms with Crippen LogP contribution < -0.4 is 11.4 Å². The highest BCUT2D eigenvalue weighted by molar-refractivity contribution is 5.18. The first kappa shape index (κ1) is 6.22. The molecule has 6 heteroatoms. The zero-order chi connectivity index (χ0) is 7.56. The molecule has 3 N–H and O–H groups in total. The van der Waals surface area contributed by atoms with Gasteiger partial charge in [-0.05, 0) is 0 Å². The van der Waals surface area contributed by atoms with Crippen molar-refractivity contribution in [2.45, 2.75) is 0 Å². The first-order chi connectivity index (χ1) is 4.72. The van der Waals surface area contributed by atoms with Crippen molar-refractivity contribution in [2.24, 2.45) is 0 Å². The fraction of sp³-hybridized carbons (Fsp3) is 0. The van der Waals surface area contributed by atoms with Crippen LogP contribution in [0.3, 0.4) is 0 Å². The predicted molar refractivity (Wildman–Crippen MR) is 31.8 cm³/mol.